The van der Waals surface area contributed by atoms with Crippen molar-refractivity contribution < 1.29 is 9.90 Å². The fourth-order valence-corrected chi connectivity index (χ4v) is 4.47. The van der Waals surface area contributed by atoms with E-state index in [1.807, 2.05) is 6.07 Å². The largest absolute Gasteiger partial charge is 0.393 e. The Balaban J connectivity index is 1.43. The first kappa shape index (κ1) is 14.9. The maximum Gasteiger partial charge on any atom is 0.233 e. The average molecular weight is 305 g/mol. The molecule has 2 saturated heterocycles. The Morgan fingerprint density at radius 3 is 2.52 bits per heavy atom. The van der Waals surface area contributed by atoms with Crippen LogP contribution in [0.5, 0.6) is 0 Å². The molecule has 1 amide bonds. The third-order valence-electron chi connectivity index (χ3n) is 4.60. The summed E-state index contributed by atoms with van der Waals surface area (Å²) in [5, 5.41) is 9.79. The van der Waals surface area contributed by atoms with Gasteiger partial charge in [0.1, 0.15) is 0 Å². The monoisotopic (exact) mass is 305 g/mol. The minimum absolute atomic E-state index is 0.197. The summed E-state index contributed by atoms with van der Waals surface area (Å²) in [4.78, 5) is 14.5. The van der Waals surface area contributed by atoms with Gasteiger partial charge in [-0.1, -0.05) is 30.3 Å². The van der Waals surface area contributed by atoms with Crippen LogP contribution in [0.3, 0.4) is 0 Å². The van der Waals surface area contributed by atoms with Gasteiger partial charge in [-0.3, -0.25) is 4.79 Å². The molecular weight excluding hydrogens is 282 g/mol. The second-order valence-corrected chi connectivity index (χ2v) is 7.20. The van der Waals surface area contributed by atoms with E-state index < -0.39 is 0 Å². The summed E-state index contributed by atoms with van der Waals surface area (Å²) in [6, 6.07) is 11.0. The number of aliphatic hydroxyl groups excluding tert-OH is 1. The van der Waals surface area contributed by atoms with E-state index in [0.29, 0.717) is 17.8 Å². The van der Waals surface area contributed by atoms with Crippen molar-refractivity contribution in [1.82, 2.24) is 4.90 Å². The Kier molecular flexibility index (Phi) is 4.86. The predicted octanol–water partition coefficient (Wildman–Crippen LogP) is 2.48. The zero-order chi connectivity index (χ0) is 14.7. The third kappa shape index (κ3) is 3.61. The van der Waals surface area contributed by atoms with Crippen LogP contribution in [0.4, 0.5) is 0 Å². The molecular formula is C17H23NO2S. The summed E-state index contributed by atoms with van der Waals surface area (Å²) in [5.74, 6) is 1.84. The van der Waals surface area contributed by atoms with Crippen molar-refractivity contribution >= 4 is 17.7 Å². The molecule has 3 rings (SSSR count). The molecule has 0 spiro atoms. The van der Waals surface area contributed by atoms with Crippen LogP contribution in [-0.2, 0) is 11.2 Å². The molecule has 2 fully saturated rings. The lowest BCUT2D eigenvalue weighted by molar-refractivity contribution is -0.134. The number of aliphatic hydroxyl groups is 1. The maximum atomic E-state index is 12.4. The molecule has 0 aliphatic carbocycles. The van der Waals surface area contributed by atoms with Crippen molar-refractivity contribution in [1.29, 1.82) is 0 Å². The number of hydrogen-bond donors (Lipinski definition) is 1. The Morgan fingerprint density at radius 2 is 1.86 bits per heavy atom. The Morgan fingerprint density at radius 1 is 1.19 bits per heavy atom. The molecule has 0 aromatic heterocycles. The zero-order valence-corrected chi connectivity index (χ0v) is 13.1. The van der Waals surface area contributed by atoms with Gasteiger partial charge in [-0.05, 0) is 43.4 Å². The summed E-state index contributed by atoms with van der Waals surface area (Å²) in [6.45, 7) is 0. The number of rotatable bonds is 5. The smallest absolute Gasteiger partial charge is 0.233 e. The standard InChI is InChI=1S/C17H23NO2S/c19-16-10-14-6-7-15(11-16)18(14)17(20)12-21-9-8-13-4-2-1-3-5-13/h1-5,14-16,19H,6-12H2. The molecule has 1 N–H and O–H groups in total. The van der Waals surface area contributed by atoms with Crippen LogP contribution in [0.1, 0.15) is 31.2 Å². The predicted molar refractivity (Wildman–Crippen MR) is 86.4 cm³/mol. The Hall–Kier alpha value is -1.00. The Labute approximate surface area is 130 Å². The highest BCUT2D eigenvalue weighted by atomic mass is 32.2. The lowest BCUT2D eigenvalue weighted by atomic mass is 10.00. The quantitative estimate of drug-likeness (QED) is 0.850. The van der Waals surface area contributed by atoms with Crippen molar-refractivity contribution in [2.75, 3.05) is 11.5 Å². The van der Waals surface area contributed by atoms with Gasteiger partial charge in [-0.25, -0.2) is 0 Å². The normalized spacial score (nSPS) is 27.9. The molecule has 2 bridgehead atoms. The SMILES string of the molecule is O=C(CSCCc1ccccc1)N1C2CCC1CC(O)C2. The van der Waals surface area contributed by atoms with Crippen LogP contribution < -0.4 is 0 Å². The first-order valence-electron chi connectivity index (χ1n) is 7.85. The number of piperidine rings is 1. The Bertz CT molecular complexity index is 465. The maximum absolute atomic E-state index is 12.4. The number of fused-ring (bicyclic) bond motifs is 2. The fraction of sp³-hybridized carbons (Fsp3) is 0.588. The molecule has 21 heavy (non-hydrogen) atoms. The van der Waals surface area contributed by atoms with Crippen molar-refractivity contribution in [2.45, 2.75) is 50.3 Å². The first-order valence-corrected chi connectivity index (χ1v) is 9.00. The number of thioether (sulfide) groups is 1. The van der Waals surface area contributed by atoms with Crippen molar-refractivity contribution in [3.63, 3.8) is 0 Å². The molecule has 4 heteroatoms. The molecule has 2 aliphatic heterocycles. The third-order valence-corrected chi connectivity index (χ3v) is 5.54. The number of carbonyl (C=O) groups is 1. The van der Waals surface area contributed by atoms with Gasteiger partial charge in [0.2, 0.25) is 5.91 Å². The molecule has 3 nitrogen and oxygen atoms in total. The van der Waals surface area contributed by atoms with Gasteiger partial charge in [0.05, 0.1) is 11.9 Å². The van der Waals surface area contributed by atoms with Gasteiger partial charge in [0.25, 0.3) is 0 Å². The van der Waals surface area contributed by atoms with Crippen LogP contribution in [0.25, 0.3) is 0 Å². The summed E-state index contributed by atoms with van der Waals surface area (Å²) < 4.78 is 0. The summed E-state index contributed by atoms with van der Waals surface area (Å²) in [5.41, 5.74) is 1.33. The summed E-state index contributed by atoms with van der Waals surface area (Å²) >= 11 is 1.73. The number of aryl methyl sites for hydroxylation is 1. The molecule has 2 unspecified atom stereocenters. The second-order valence-electron chi connectivity index (χ2n) is 6.10. The van der Waals surface area contributed by atoms with E-state index in [1.165, 1.54) is 5.56 Å². The van der Waals surface area contributed by atoms with E-state index >= 15 is 0 Å². The number of carbonyl (C=O) groups excluding carboxylic acids is 1. The first-order chi connectivity index (χ1) is 10.2. The number of nitrogens with zero attached hydrogens (tertiary/aromatic N) is 1. The van der Waals surface area contributed by atoms with E-state index in [9.17, 15) is 9.90 Å². The highest BCUT2D eigenvalue weighted by molar-refractivity contribution is 7.99. The summed E-state index contributed by atoms with van der Waals surface area (Å²) in [7, 11) is 0. The van der Waals surface area contributed by atoms with Gasteiger partial charge in [-0.15, -0.1) is 0 Å². The summed E-state index contributed by atoms with van der Waals surface area (Å²) in [6.07, 6.45) is 4.51. The van der Waals surface area contributed by atoms with Gasteiger partial charge in [-0.2, -0.15) is 11.8 Å². The highest BCUT2D eigenvalue weighted by Gasteiger charge is 2.42. The molecule has 2 atom stereocenters. The zero-order valence-electron chi connectivity index (χ0n) is 12.3. The molecule has 114 valence electrons. The van der Waals surface area contributed by atoms with Gasteiger partial charge in [0, 0.05) is 12.1 Å². The fourth-order valence-electron chi connectivity index (χ4n) is 3.62. The molecule has 1 aromatic carbocycles. The topological polar surface area (TPSA) is 40.5 Å². The lowest BCUT2D eigenvalue weighted by Crippen LogP contribution is -2.48. The number of amides is 1. The van der Waals surface area contributed by atoms with Crippen LogP contribution >= 0.6 is 11.8 Å². The minimum atomic E-state index is -0.197. The van der Waals surface area contributed by atoms with E-state index in [2.05, 4.69) is 29.2 Å². The minimum Gasteiger partial charge on any atom is -0.393 e. The second kappa shape index (κ2) is 6.84. The molecule has 0 saturated carbocycles. The van der Waals surface area contributed by atoms with E-state index in [0.717, 1.165) is 37.9 Å². The van der Waals surface area contributed by atoms with Crippen LogP contribution in [-0.4, -0.2) is 45.6 Å². The molecule has 2 aliphatic rings. The van der Waals surface area contributed by atoms with Crippen molar-refractivity contribution in [2.24, 2.45) is 0 Å². The average Bonchev–Trinajstić information content (AvgIpc) is 2.77. The van der Waals surface area contributed by atoms with Crippen LogP contribution in [0.15, 0.2) is 30.3 Å². The lowest BCUT2D eigenvalue weighted by Gasteiger charge is -2.37. The van der Waals surface area contributed by atoms with Gasteiger partial charge < -0.3 is 10.0 Å². The van der Waals surface area contributed by atoms with E-state index in [1.54, 1.807) is 11.8 Å². The van der Waals surface area contributed by atoms with Crippen LogP contribution in [0, 0.1) is 0 Å². The molecule has 1 aromatic rings. The number of hydrogen-bond acceptors (Lipinski definition) is 3. The van der Waals surface area contributed by atoms with E-state index in [-0.39, 0.29) is 12.0 Å². The van der Waals surface area contributed by atoms with Gasteiger partial charge in [0.15, 0.2) is 0 Å². The van der Waals surface area contributed by atoms with E-state index in [4.69, 9.17) is 0 Å². The van der Waals surface area contributed by atoms with Crippen LogP contribution in [0.2, 0.25) is 0 Å². The highest BCUT2D eigenvalue weighted by Crippen LogP contribution is 2.36. The molecule has 2 heterocycles. The van der Waals surface area contributed by atoms with Crippen molar-refractivity contribution in [3.8, 4) is 0 Å². The number of benzene rings is 1. The van der Waals surface area contributed by atoms with Crippen molar-refractivity contribution in [3.05, 3.63) is 35.9 Å². The molecule has 0 radical (unpaired) electrons. The van der Waals surface area contributed by atoms with Gasteiger partial charge >= 0.3 is 0 Å².